The second kappa shape index (κ2) is 6.79. The number of hydrogen-bond acceptors (Lipinski definition) is 1. The number of nitrogens with two attached hydrogens (primary N) is 1. The second-order valence-electron chi connectivity index (χ2n) is 11.6. The maximum atomic E-state index is 12.8. The van der Waals surface area contributed by atoms with Gasteiger partial charge >= 0.3 is 0 Å². The molecule has 1 amide bonds. The van der Waals surface area contributed by atoms with E-state index in [9.17, 15) is 4.79 Å². The third-order valence-electron chi connectivity index (χ3n) is 8.35. The highest BCUT2D eigenvalue weighted by Gasteiger charge is 2.53. The van der Waals surface area contributed by atoms with Crippen LogP contribution in [0.1, 0.15) is 66.7 Å². The standard InChI is InChI=1S/C27H37NOSi2/c1-10-17-11-18-13-19(27(3,4)5)14-21(20(18)12-17)24-22(26(28)29)15-23-16(2)25(24)31(8,9)30(23,6)7/h11,13-15H,10,12H2,1-9H3,(H2,28,29). The Kier molecular flexibility index (Phi) is 4.88. The van der Waals surface area contributed by atoms with Crippen LogP contribution >= 0.6 is 0 Å². The van der Waals surface area contributed by atoms with E-state index in [0.717, 1.165) is 24.0 Å². The van der Waals surface area contributed by atoms with Gasteiger partial charge in [-0.3, -0.25) is 4.79 Å². The van der Waals surface area contributed by atoms with Crippen molar-refractivity contribution in [3.63, 3.8) is 0 Å². The van der Waals surface area contributed by atoms with Crippen molar-refractivity contribution in [2.24, 2.45) is 5.73 Å². The maximum Gasteiger partial charge on any atom is 0.249 e. The molecule has 0 aromatic heterocycles. The lowest BCUT2D eigenvalue weighted by atomic mass is 9.81. The monoisotopic (exact) mass is 447 g/mol. The number of amides is 1. The zero-order chi connectivity index (χ0) is 23.1. The largest absolute Gasteiger partial charge is 0.366 e. The van der Waals surface area contributed by atoms with Crippen molar-refractivity contribution in [3.05, 3.63) is 51.6 Å². The molecule has 1 heterocycles. The number of fused-ring (bicyclic) bond motifs is 3. The summed E-state index contributed by atoms with van der Waals surface area (Å²) in [5.74, 6) is -0.286. The Balaban J connectivity index is 2.14. The number of rotatable bonds is 3. The highest BCUT2D eigenvalue weighted by atomic mass is 29.3. The molecule has 0 atom stereocenters. The Morgan fingerprint density at radius 1 is 1.06 bits per heavy atom. The van der Waals surface area contributed by atoms with E-state index in [1.807, 2.05) is 0 Å². The number of carbonyl (C=O) groups is 1. The van der Waals surface area contributed by atoms with E-state index in [1.54, 1.807) is 0 Å². The summed E-state index contributed by atoms with van der Waals surface area (Å²) in [7, 11) is -3.40. The Hall–Kier alpha value is -1.92. The highest BCUT2D eigenvalue weighted by molar-refractivity contribution is 7.52. The Morgan fingerprint density at radius 2 is 1.71 bits per heavy atom. The number of benzene rings is 2. The van der Waals surface area contributed by atoms with Crippen molar-refractivity contribution < 1.29 is 4.79 Å². The van der Waals surface area contributed by atoms with Crippen LogP contribution in [0.5, 0.6) is 0 Å². The first-order valence-corrected chi connectivity index (χ1v) is 18.6. The van der Waals surface area contributed by atoms with Crippen LogP contribution in [0.2, 0.25) is 26.2 Å². The van der Waals surface area contributed by atoms with Crippen LogP contribution in [-0.4, -0.2) is 21.1 Å². The quantitative estimate of drug-likeness (QED) is 0.635. The number of allylic oxidation sites excluding steroid dienone is 1. The first kappa shape index (κ1) is 22.3. The van der Waals surface area contributed by atoms with E-state index in [2.05, 4.69) is 85.1 Å². The summed E-state index contributed by atoms with van der Waals surface area (Å²) in [4.78, 5) is 12.8. The summed E-state index contributed by atoms with van der Waals surface area (Å²) in [6, 6.07) is 6.93. The first-order valence-electron chi connectivity index (χ1n) is 11.6. The average Bonchev–Trinajstić information content (AvgIpc) is 3.10. The van der Waals surface area contributed by atoms with Crippen LogP contribution in [0, 0.1) is 6.92 Å². The minimum atomic E-state index is -1.75. The van der Waals surface area contributed by atoms with Crippen LogP contribution in [0.3, 0.4) is 0 Å². The average molecular weight is 448 g/mol. The van der Waals surface area contributed by atoms with Crippen LogP contribution in [0.4, 0.5) is 0 Å². The maximum absolute atomic E-state index is 12.8. The number of carbonyl (C=O) groups excluding carboxylic acids is 1. The normalized spacial score (nSPS) is 18.2. The van der Waals surface area contributed by atoms with Crippen LogP contribution in [0.15, 0.2) is 23.8 Å². The molecule has 0 radical (unpaired) electrons. The zero-order valence-corrected chi connectivity index (χ0v) is 22.7. The Labute approximate surface area is 189 Å². The molecule has 4 heteroatoms. The molecule has 0 fully saturated rings. The van der Waals surface area contributed by atoms with Gasteiger partial charge in [-0.05, 0) is 59.1 Å². The lowest BCUT2D eigenvalue weighted by molar-refractivity contribution is 0.100. The lowest BCUT2D eigenvalue weighted by Gasteiger charge is -2.33. The highest BCUT2D eigenvalue weighted by Crippen LogP contribution is 2.42. The van der Waals surface area contributed by atoms with E-state index >= 15 is 0 Å². The van der Waals surface area contributed by atoms with E-state index in [-0.39, 0.29) is 11.3 Å². The lowest BCUT2D eigenvalue weighted by Crippen LogP contribution is -2.63. The van der Waals surface area contributed by atoms with E-state index in [0.29, 0.717) is 0 Å². The molecular weight excluding hydrogens is 410 g/mol. The zero-order valence-electron chi connectivity index (χ0n) is 20.7. The van der Waals surface area contributed by atoms with Gasteiger partial charge < -0.3 is 5.73 Å². The molecule has 31 heavy (non-hydrogen) atoms. The third kappa shape index (κ3) is 3.06. The van der Waals surface area contributed by atoms with Gasteiger partial charge in [0.1, 0.15) is 0 Å². The van der Waals surface area contributed by atoms with E-state index < -0.39 is 15.2 Å². The van der Waals surface area contributed by atoms with Gasteiger partial charge in [-0.2, -0.15) is 0 Å². The molecule has 2 N–H and O–H groups in total. The van der Waals surface area contributed by atoms with Gasteiger partial charge in [0.15, 0.2) is 0 Å². The molecular formula is C27H37NOSi2. The van der Waals surface area contributed by atoms with Crippen molar-refractivity contribution in [2.75, 3.05) is 0 Å². The molecule has 1 aliphatic heterocycles. The van der Waals surface area contributed by atoms with Crippen molar-refractivity contribution >= 4 is 37.5 Å². The molecule has 0 unspecified atom stereocenters. The summed E-state index contributed by atoms with van der Waals surface area (Å²) >= 11 is 0. The van der Waals surface area contributed by atoms with Crippen LogP contribution in [0.25, 0.3) is 17.2 Å². The van der Waals surface area contributed by atoms with Gasteiger partial charge in [0.2, 0.25) is 5.91 Å². The first-order chi connectivity index (χ1) is 14.2. The summed E-state index contributed by atoms with van der Waals surface area (Å²) < 4.78 is 0. The fourth-order valence-electron chi connectivity index (χ4n) is 5.74. The van der Waals surface area contributed by atoms with Crippen molar-refractivity contribution in [1.29, 1.82) is 0 Å². The second-order valence-corrected chi connectivity index (χ2v) is 26.7. The smallest absolute Gasteiger partial charge is 0.249 e. The van der Waals surface area contributed by atoms with E-state index in [4.69, 9.17) is 5.73 Å². The molecule has 4 rings (SSSR count). The predicted octanol–water partition coefficient (Wildman–Crippen LogP) is 5.33. The molecule has 164 valence electrons. The molecule has 1 aliphatic carbocycles. The summed E-state index contributed by atoms with van der Waals surface area (Å²) in [6.45, 7) is 21.4. The van der Waals surface area contributed by atoms with Gasteiger partial charge in [-0.25, -0.2) is 0 Å². The van der Waals surface area contributed by atoms with Crippen LogP contribution < -0.4 is 16.1 Å². The van der Waals surface area contributed by atoms with Crippen molar-refractivity contribution in [3.8, 4) is 11.1 Å². The summed E-state index contributed by atoms with van der Waals surface area (Å²) in [6.07, 6.45) is 4.42. The molecule has 2 bridgehead atoms. The van der Waals surface area contributed by atoms with Gasteiger partial charge in [0.05, 0.1) is 15.2 Å². The van der Waals surface area contributed by atoms with Gasteiger partial charge in [-0.1, -0.05) is 93.6 Å². The molecule has 2 aromatic rings. The van der Waals surface area contributed by atoms with Gasteiger partial charge in [0.25, 0.3) is 0 Å². The molecule has 2 aromatic carbocycles. The van der Waals surface area contributed by atoms with Gasteiger partial charge in [-0.15, -0.1) is 0 Å². The van der Waals surface area contributed by atoms with Crippen molar-refractivity contribution in [1.82, 2.24) is 0 Å². The third-order valence-corrected chi connectivity index (χ3v) is 26.1. The fourth-order valence-corrected chi connectivity index (χ4v) is 16.3. The number of primary amides is 1. The molecule has 0 saturated carbocycles. The summed E-state index contributed by atoms with van der Waals surface area (Å²) in [5.41, 5.74) is 16.2. The molecule has 2 nitrogen and oxygen atoms in total. The Bertz CT molecular complexity index is 1160. The molecule has 2 aliphatic rings. The van der Waals surface area contributed by atoms with Gasteiger partial charge in [0, 0.05) is 5.56 Å². The molecule has 0 saturated heterocycles. The van der Waals surface area contributed by atoms with E-state index in [1.165, 1.54) is 43.8 Å². The minimum Gasteiger partial charge on any atom is -0.366 e. The van der Waals surface area contributed by atoms with Crippen LogP contribution in [-0.2, 0) is 11.8 Å². The SMILES string of the molecule is CCC1=Cc2cc(C(C)(C)C)cc(-c3c(C(N)=O)cc4c(C)c3[Si](C)(C)[Si]4(C)C)c2C1. The van der Waals surface area contributed by atoms with Crippen molar-refractivity contribution in [2.45, 2.75) is 79.1 Å². The predicted molar refractivity (Wildman–Crippen MR) is 140 cm³/mol. The Morgan fingerprint density at radius 3 is 2.26 bits per heavy atom. The minimum absolute atomic E-state index is 0.0375. The topological polar surface area (TPSA) is 43.1 Å². The number of hydrogen-bond donors (Lipinski definition) is 1. The molecule has 0 spiro atoms. The summed E-state index contributed by atoms with van der Waals surface area (Å²) in [5, 5.41) is 2.95. The fraction of sp³-hybridized carbons (Fsp3) is 0.444.